The number of ether oxygens (including phenoxy) is 3. The summed E-state index contributed by atoms with van der Waals surface area (Å²) in [7, 11) is 0. The van der Waals surface area contributed by atoms with Crippen LogP contribution in [0.5, 0.6) is 0 Å². The van der Waals surface area contributed by atoms with E-state index in [9.17, 15) is 14.4 Å². The molecule has 0 amide bonds. The Balaban J connectivity index is 4.26. The highest BCUT2D eigenvalue weighted by Crippen LogP contribution is 2.13. The molecule has 0 bridgehead atoms. The van der Waals surface area contributed by atoms with Gasteiger partial charge in [0.25, 0.3) is 0 Å². The van der Waals surface area contributed by atoms with E-state index in [0.717, 1.165) is 122 Å². The van der Waals surface area contributed by atoms with Crippen LogP contribution in [0.15, 0.2) is 134 Å². The maximum Gasteiger partial charge on any atom is 0.306 e. The Hall–Kier alpha value is -4.45. The lowest BCUT2D eigenvalue weighted by Gasteiger charge is -2.18. The van der Waals surface area contributed by atoms with Crippen LogP contribution >= 0.6 is 0 Å². The number of esters is 3. The van der Waals surface area contributed by atoms with Gasteiger partial charge >= 0.3 is 17.9 Å². The van der Waals surface area contributed by atoms with E-state index < -0.39 is 6.10 Å². The second-order valence-corrected chi connectivity index (χ2v) is 17.4. The molecule has 0 spiro atoms. The van der Waals surface area contributed by atoms with Crippen molar-refractivity contribution in [2.75, 3.05) is 13.2 Å². The van der Waals surface area contributed by atoms with Crippen LogP contribution in [0.4, 0.5) is 0 Å². The first-order valence-corrected chi connectivity index (χ1v) is 27.2. The van der Waals surface area contributed by atoms with Crippen molar-refractivity contribution in [3.63, 3.8) is 0 Å². The highest BCUT2D eigenvalue weighted by atomic mass is 16.6. The third-order valence-corrected chi connectivity index (χ3v) is 10.9. The van der Waals surface area contributed by atoms with Gasteiger partial charge in [0.1, 0.15) is 13.2 Å². The molecule has 0 aliphatic rings. The molecule has 68 heavy (non-hydrogen) atoms. The van der Waals surface area contributed by atoms with Crippen LogP contribution in [0.3, 0.4) is 0 Å². The van der Waals surface area contributed by atoms with Gasteiger partial charge < -0.3 is 14.2 Å². The Kier molecular flexibility index (Phi) is 51.5. The van der Waals surface area contributed by atoms with Crippen molar-refractivity contribution >= 4 is 17.9 Å². The van der Waals surface area contributed by atoms with E-state index >= 15 is 0 Å². The van der Waals surface area contributed by atoms with Crippen molar-refractivity contribution in [3.05, 3.63) is 134 Å². The summed E-state index contributed by atoms with van der Waals surface area (Å²) in [6, 6.07) is 0. The minimum Gasteiger partial charge on any atom is -0.462 e. The number of carbonyl (C=O) groups excluding carboxylic acids is 3. The van der Waals surface area contributed by atoms with Gasteiger partial charge in [0, 0.05) is 19.3 Å². The molecule has 0 aromatic carbocycles. The monoisotopic (exact) mass is 939 g/mol. The molecule has 0 aromatic heterocycles. The van der Waals surface area contributed by atoms with Crippen LogP contribution in [0, 0.1) is 0 Å². The fourth-order valence-corrected chi connectivity index (χ4v) is 6.89. The van der Waals surface area contributed by atoms with Crippen molar-refractivity contribution in [2.24, 2.45) is 0 Å². The first-order valence-electron chi connectivity index (χ1n) is 27.2. The van der Waals surface area contributed by atoms with Crippen molar-refractivity contribution < 1.29 is 28.6 Å². The van der Waals surface area contributed by atoms with E-state index in [-0.39, 0.29) is 37.5 Å². The summed E-state index contributed by atoms with van der Waals surface area (Å²) in [5, 5.41) is 0. The van der Waals surface area contributed by atoms with Gasteiger partial charge in [-0.2, -0.15) is 0 Å². The number of hydrogen-bond donors (Lipinski definition) is 0. The molecule has 0 rings (SSSR count). The predicted molar refractivity (Wildman–Crippen MR) is 292 cm³/mol. The summed E-state index contributed by atoms with van der Waals surface area (Å²) in [5.41, 5.74) is 0. The molecule has 6 nitrogen and oxygen atoms in total. The number of unbranched alkanes of at least 4 members (excludes halogenated alkanes) is 14. The normalized spacial score (nSPS) is 13.2. The number of carbonyl (C=O) groups is 3. The molecule has 0 fully saturated rings. The zero-order valence-electron chi connectivity index (χ0n) is 43.6. The molecule has 0 radical (unpaired) electrons. The third kappa shape index (κ3) is 52.5. The van der Waals surface area contributed by atoms with Crippen LogP contribution < -0.4 is 0 Å². The number of allylic oxidation sites excluding steroid dienone is 22. The van der Waals surface area contributed by atoms with Crippen LogP contribution in [-0.2, 0) is 28.6 Å². The van der Waals surface area contributed by atoms with Crippen molar-refractivity contribution in [1.29, 1.82) is 0 Å². The quantitative estimate of drug-likeness (QED) is 0.0262. The Labute approximate surface area is 417 Å². The zero-order valence-corrected chi connectivity index (χ0v) is 43.6. The largest absolute Gasteiger partial charge is 0.462 e. The van der Waals surface area contributed by atoms with Crippen LogP contribution in [-0.4, -0.2) is 37.2 Å². The van der Waals surface area contributed by atoms with E-state index in [4.69, 9.17) is 14.2 Å². The summed E-state index contributed by atoms with van der Waals surface area (Å²) >= 11 is 0. The molecular weight excluding hydrogens is 841 g/mol. The van der Waals surface area contributed by atoms with E-state index in [2.05, 4.69) is 154 Å². The van der Waals surface area contributed by atoms with Crippen molar-refractivity contribution in [3.8, 4) is 0 Å². The fourth-order valence-electron chi connectivity index (χ4n) is 6.89. The second-order valence-electron chi connectivity index (χ2n) is 17.4. The number of rotatable bonds is 47. The van der Waals surface area contributed by atoms with E-state index in [1.807, 2.05) is 0 Å². The topological polar surface area (TPSA) is 78.9 Å². The van der Waals surface area contributed by atoms with Crippen LogP contribution in [0.2, 0.25) is 0 Å². The maximum absolute atomic E-state index is 12.7. The first kappa shape index (κ1) is 63.5. The minimum atomic E-state index is -0.812. The zero-order chi connectivity index (χ0) is 49.3. The van der Waals surface area contributed by atoms with Crippen LogP contribution in [0.1, 0.15) is 220 Å². The summed E-state index contributed by atoms with van der Waals surface area (Å²) in [6.45, 7) is 6.27. The summed E-state index contributed by atoms with van der Waals surface area (Å²) < 4.78 is 16.7. The van der Waals surface area contributed by atoms with E-state index in [1.54, 1.807) is 0 Å². The van der Waals surface area contributed by atoms with Gasteiger partial charge in [-0.1, -0.05) is 225 Å². The molecule has 6 heteroatoms. The number of hydrogen-bond acceptors (Lipinski definition) is 6. The lowest BCUT2D eigenvalue weighted by Crippen LogP contribution is -2.30. The van der Waals surface area contributed by atoms with Crippen LogP contribution in [0.25, 0.3) is 0 Å². The lowest BCUT2D eigenvalue weighted by molar-refractivity contribution is -0.167. The van der Waals surface area contributed by atoms with Gasteiger partial charge in [-0.05, 0) is 109 Å². The predicted octanol–water partition coefficient (Wildman–Crippen LogP) is 18.3. The molecule has 0 saturated heterocycles. The summed E-state index contributed by atoms with van der Waals surface area (Å²) in [6.07, 6.45) is 77.6. The third-order valence-electron chi connectivity index (χ3n) is 10.9. The molecule has 0 N–H and O–H groups in total. The highest BCUT2D eigenvalue weighted by molar-refractivity contribution is 5.71. The maximum atomic E-state index is 12.7. The van der Waals surface area contributed by atoms with Crippen molar-refractivity contribution in [1.82, 2.24) is 0 Å². The van der Waals surface area contributed by atoms with E-state index in [0.29, 0.717) is 19.3 Å². The lowest BCUT2D eigenvalue weighted by atomic mass is 10.1. The van der Waals surface area contributed by atoms with Gasteiger partial charge in [0.15, 0.2) is 6.10 Å². The molecule has 0 heterocycles. The van der Waals surface area contributed by atoms with Gasteiger partial charge in [0.05, 0.1) is 0 Å². The SMILES string of the molecule is CC/C=C\C/C=C\C/C=C\C/C=C\C/C=C\C/C=C\CCCCCCCCCCC(=O)OCC(COC(=O)CCCCCCCC)OC(=O)CCC/C=C\C/C=C\C/C=C\C/C=C\C/C=C\CC. The standard InChI is InChI=1S/C62H98O6/c1-4-7-10-13-16-18-20-22-24-26-27-28-29-30-31-32-33-34-35-37-38-40-42-44-46-49-52-55-61(64)67-58-59(57-66-60(63)54-51-48-15-12-9-6-3)68-62(65)56-53-50-47-45-43-41-39-36-25-23-21-19-17-14-11-8-5-2/h7-8,10-11,16-19,22-25,27-28,30-31,33-34,39,41,45,47,59H,4-6,9,12-15,20-21,26,29,32,35-38,40,42-44,46,48-58H2,1-3H3/b10-7-,11-8-,18-16-,19-17-,24-22-,25-23-,28-27-,31-30-,34-33-,41-39-,47-45-. The Bertz CT molecular complexity index is 1500. The van der Waals surface area contributed by atoms with Gasteiger partial charge in [-0.3, -0.25) is 14.4 Å². The average molecular weight is 939 g/mol. The Morgan fingerprint density at radius 2 is 0.588 bits per heavy atom. The molecule has 0 saturated carbocycles. The summed E-state index contributed by atoms with van der Waals surface area (Å²) in [4.78, 5) is 37.8. The van der Waals surface area contributed by atoms with Crippen molar-refractivity contribution in [2.45, 2.75) is 226 Å². The molecule has 1 atom stereocenters. The van der Waals surface area contributed by atoms with Gasteiger partial charge in [-0.15, -0.1) is 0 Å². The second kappa shape index (κ2) is 55.1. The first-order chi connectivity index (χ1) is 33.5. The molecule has 0 aliphatic heterocycles. The molecular formula is C62H98O6. The smallest absolute Gasteiger partial charge is 0.306 e. The van der Waals surface area contributed by atoms with E-state index in [1.165, 1.54) is 51.4 Å². The minimum absolute atomic E-state index is 0.107. The summed E-state index contributed by atoms with van der Waals surface area (Å²) in [5.74, 6) is -0.993. The Morgan fingerprint density at radius 1 is 0.309 bits per heavy atom. The van der Waals surface area contributed by atoms with Gasteiger partial charge in [0.2, 0.25) is 0 Å². The molecule has 0 aliphatic carbocycles. The van der Waals surface area contributed by atoms with Gasteiger partial charge in [-0.25, -0.2) is 0 Å². The fraction of sp³-hybridized carbons (Fsp3) is 0.597. The average Bonchev–Trinajstić information content (AvgIpc) is 3.34. The molecule has 382 valence electrons. The Morgan fingerprint density at radius 3 is 0.941 bits per heavy atom. The molecule has 1 unspecified atom stereocenters. The molecule has 0 aromatic rings. The highest BCUT2D eigenvalue weighted by Gasteiger charge is 2.19.